The van der Waals surface area contributed by atoms with Gasteiger partial charge in [-0.3, -0.25) is 0 Å². The molecule has 0 saturated heterocycles. The second-order valence-corrected chi connectivity index (χ2v) is 5.99. The van der Waals surface area contributed by atoms with E-state index in [4.69, 9.17) is 39.5 Å². The molecule has 0 unspecified atom stereocenters. The Balaban J connectivity index is 1.54. The lowest BCUT2D eigenvalue weighted by atomic mass is 10.3. The lowest BCUT2D eigenvalue weighted by molar-refractivity contribution is 0.310. The molecule has 2 heterocycles. The van der Waals surface area contributed by atoms with E-state index >= 15 is 0 Å². The molecule has 0 aliphatic carbocycles. The fraction of sp³-hybridized carbons (Fsp3) is 0.200. The molecule has 0 fully saturated rings. The van der Waals surface area contributed by atoms with Crippen molar-refractivity contribution >= 4 is 46.0 Å². The molecule has 3 rings (SSSR count). The second-order valence-electron chi connectivity index (χ2n) is 4.74. The number of nitrogens with one attached hydrogen (secondary N) is 1. The zero-order chi connectivity index (χ0) is 15.5. The summed E-state index contributed by atoms with van der Waals surface area (Å²) in [6.07, 6.45) is 3.16. The highest BCUT2D eigenvalue weighted by Crippen LogP contribution is 2.26. The van der Waals surface area contributed by atoms with Crippen molar-refractivity contribution in [1.82, 2.24) is 15.0 Å². The van der Waals surface area contributed by atoms with E-state index in [9.17, 15) is 0 Å². The van der Waals surface area contributed by atoms with Crippen molar-refractivity contribution in [2.45, 2.75) is 12.8 Å². The van der Waals surface area contributed by atoms with Crippen LogP contribution in [0, 0.1) is 0 Å². The van der Waals surface area contributed by atoms with Gasteiger partial charge in [0.15, 0.2) is 5.65 Å². The Morgan fingerprint density at radius 3 is 2.77 bits per heavy atom. The maximum Gasteiger partial charge on any atom is 0.177 e. The molecule has 1 N–H and O–H groups in total. The number of halogens is 3. The molecule has 0 atom stereocenters. The number of imidazole rings is 1. The van der Waals surface area contributed by atoms with Crippen molar-refractivity contribution in [3.63, 3.8) is 0 Å². The van der Waals surface area contributed by atoms with Crippen molar-refractivity contribution in [3.8, 4) is 5.75 Å². The number of fused-ring (bicyclic) bond motifs is 1. The van der Waals surface area contributed by atoms with E-state index in [1.54, 1.807) is 24.4 Å². The molecule has 0 amide bonds. The summed E-state index contributed by atoms with van der Waals surface area (Å²) in [5, 5.41) is 1.59. The first-order valence-electron chi connectivity index (χ1n) is 6.70. The molecule has 0 aliphatic heterocycles. The Kier molecular flexibility index (Phi) is 4.71. The number of aromatic nitrogens is 3. The summed E-state index contributed by atoms with van der Waals surface area (Å²) in [6.45, 7) is 0.559. The molecule has 22 heavy (non-hydrogen) atoms. The minimum absolute atomic E-state index is 0.486. The van der Waals surface area contributed by atoms with Gasteiger partial charge in [0.25, 0.3) is 0 Å². The predicted octanol–water partition coefficient (Wildman–Crippen LogP) is 4.93. The number of H-pyrrole nitrogens is 1. The van der Waals surface area contributed by atoms with Crippen LogP contribution >= 0.6 is 34.8 Å². The summed E-state index contributed by atoms with van der Waals surface area (Å²) in [7, 11) is 0. The van der Waals surface area contributed by atoms with Gasteiger partial charge in [-0.25, -0.2) is 9.97 Å². The van der Waals surface area contributed by atoms with E-state index < -0.39 is 0 Å². The molecule has 4 nitrogen and oxygen atoms in total. The van der Waals surface area contributed by atoms with Gasteiger partial charge >= 0.3 is 0 Å². The quantitative estimate of drug-likeness (QED) is 0.659. The van der Waals surface area contributed by atoms with Gasteiger partial charge in [0, 0.05) is 18.7 Å². The molecule has 1 aromatic carbocycles. The van der Waals surface area contributed by atoms with Crippen LogP contribution in [-0.4, -0.2) is 21.6 Å². The van der Waals surface area contributed by atoms with E-state index in [0.29, 0.717) is 33.1 Å². The number of pyridine rings is 1. The number of aryl methyl sites for hydroxylation is 1. The number of benzene rings is 1. The number of ether oxygens (including phenoxy) is 1. The Hall–Kier alpha value is -1.49. The topological polar surface area (TPSA) is 50.8 Å². The first-order valence-corrected chi connectivity index (χ1v) is 7.83. The van der Waals surface area contributed by atoms with Crippen molar-refractivity contribution in [2.24, 2.45) is 0 Å². The van der Waals surface area contributed by atoms with Crippen molar-refractivity contribution in [1.29, 1.82) is 0 Å². The number of hydrogen-bond donors (Lipinski definition) is 1. The molecule has 0 radical (unpaired) electrons. The first kappa shape index (κ1) is 15.4. The molecule has 0 spiro atoms. The third kappa shape index (κ3) is 3.64. The van der Waals surface area contributed by atoms with Crippen LogP contribution in [-0.2, 0) is 6.42 Å². The minimum atomic E-state index is 0.486. The lowest BCUT2D eigenvalue weighted by Crippen LogP contribution is -2.00. The number of aromatic amines is 1. The van der Waals surface area contributed by atoms with Crippen molar-refractivity contribution < 1.29 is 4.74 Å². The maximum absolute atomic E-state index is 5.94. The Bertz CT molecular complexity index is 804. The fourth-order valence-electron chi connectivity index (χ4n) is 2.04. The average Bonchev–Trinajstić information content (AvgIpc) is 2.89. The predicted molar refractivity (Wildman–Crippen MR) is 89.2 cm³/mol. The SMILES string of the molecule is Clc1cnc2nc(CCCOc3ccc(Cl)c(Cl)c3)[nH]c2c1. The molecule has 2 aromatic heterocycles. The minimum Gasteiger partial charge on any atom is -0.494 e. The average molecular weight is 357 g/mol. The van der Waals surface area contributed by atoms with Crippen LogP contribution in [0.5, 0.6) is 5.75 Å². The molecular weight excluding hydrogens is 345 g/mol. The van der Waals surface area contributed by atoms with Gasteiger partial charge < -0.3 is 9.72 Å². The summed E-state index contributed by atoms with van der Waals surface area (Å²) in [5.74, 6) is 1.56. The van der Waals surface area contributed by atoms with Crippen LogP contribution in [0.4, 0.5) is 0 Å². The molecule has 0 saturated carbocycles. The van der Waals surface area contributed by atoms with Gasteiger partial charge in [0.2, 0.25) is 0 Å². The van der Waals surface area contributed by atoms with E-state index in [0.717, 1.165) is 24.2 Å². The van der Waals surface area contributed by atoms with E-state index in [2.05, 4.69) is 15.0 Å². The zero-order valence-corrected chi connectivity index (χ0v) is 13.7. The number of nitrogens with zero attached hydrogens (tertiary/aromatic N) is 2. The molecule has 0 aliphatic rings. The van der Waals surface area contributed by atoms with Crippen LogP contribution in [0.25, 0.3) is 11.2 Å². The summed E-state index contributed by atoms with van der Waals surface area (Å²) >= 11 is 17.7. The summed E-state index contributed by atoms with van der Waals surface area (Å²) in [5.41, 5.74) is 1.51. The maximum atomic E-state index is 5.94. The van der Waals surface area contributed by atoms with E-state index in [1.165, 1.54) is 0 Å². The third-order valence-corrected chi connectivity index (χ3v) is 4.02. The third-order valence-electron chi connectivity index (χ3n) is 3.07. The second kappa shape index (κ2) is 6.73. The van der Waals surface area contributed by atoms with Gasteiger partial charge in [0.1, 0.15) is 11.6 Å². The molecule has 0 bridgehead atoms. The van der Waals surface area contributed by atoms with Gasteiger partial charge in [-0.1, -0.05) is 34.8 Å². The number of rotatable bonds is 5. The highest BCUT2D eigenvalue weighted by atomic mass is 35.5. The standard InChI is InChI=1S/C15H12Cl3N3O/c16-9-6-13-15(19-8-9)21-14(20-13)2-1-5-22-10-3-4-11(17)12(18)7-10/h3-4,6-8H,1-2,5H2,(H,19,20,21). The molecule has 114 valence electrons. The van der Waals surface area contributed by atoms with Crippen LogP contribution in [0.2, 0.25) is 15.1 Å². The van der Waals surface area contributed by atoms with Crippen LogP contribution in [0.15, 0.2) is 30.5 Å². The van der Waals surface area contributed by atoms with Gasteiger partial charge in [0.05, 0.1) is 27.2 Å². The van der Waals surface area contributed by atoms with Gasteiger partial charge in [-0.05, 0) is 24.6 Å². The van der Waals surface area contributed by atoms with Crippen molar-refractivity contribution in [3.05, 3.63) is 51.4 Å². The number of hydrogen-bond acceptors (Lipinski definition) is 3. The van der Waals surface area contributed by atoms with Crippen molar-refractivity contribution in [2.75, 3.05) is 6.61 Å². The molecule has 7 heteroatoms. The van der Waals surface area contributed by atoms with Crippen LogP contribution in [0.1, 0.15) is 12.2 Å². The van der Waals surface area contributed by atoms with E-state index in [1.807, 2.05) is 6.07 Å². The van der Waals surface area contributed by atoms with Crippen LogP contribution < -0.4 is 4.74 Å². The molecular formula is C15H12Cl3N3O. The summed E-state index contributed by atoms with van der Waals surface area (Å²) in [6, 6.07) is 7.03. The molecule has 3 aromatic rings. The van der Waals surface area contributed by atoms with E-state index in [-0.39, 0.29) is 0 Å². The first-order chi connectivity index (χ1) is 10.6. The smallest absolute Gasteiger partial charge is 0.177 e. The Morgan fingerprint density at radius 2 is 1.95 bits per heavy atom. The summed E-state index contributed by atoms with van der Waals surface area (Å²) in [4.78, 5) is 11.8. The Labute approximate surface area is 142 Å². The summed E-state index contributed by atoms with van der Waals surface area (Å²) < 4.78 is 5.64. The largest absolute Gasteiger partial charge is 0.494 e. The monoisotopic (exact) mass is 355 g/mol. The highest BCUT2D eigenvalue weighted by molar-refractivity contribution is 6.42. The Morgan fingerprint density at radius 1 is 1.09 bits per heavy atom. The van der Waals surface area contributed by atoms with Gasteiger partial charge in [-0.15, -0.1) is 0 Å². The lowest BCUT2D eigenvalue weighted by Gasteiger charge is -2.06. The highest BCUT2D eigenvalue weighted by Gasteiger charge is 2.05. The normalized spacial score (nSPS) is 11.0. The van der Waals surface area contributed by atoms with Crippen LogP contribution in [0.3, 0.4) is 0 Å². The van der Waals surface area contributed by atoms with Gasteiger partial charge in [-0.2, -0.15) is 0 Å². The fourth-order valence-corrected chi connectivity index (χ4v) is 2.49. The zero-order valence-electron chi connectivity index (χ0n) is 11.4.